The second-order valence-corrected chi connectivity index (χ2v) is 6.99. The summed E-state index contributed by atoms with van der Waals surface area (Å²) in [5.74, 6) is 0.696. The van der Waals surface area contributed by atoms with E-state index in [1.165, 1.54) is 0 Å². The van der Waals surface area contributed by atoms with Crippen molar-refractivity contribution in [1.29, 1.82) is 0 Å². The predicted octanol–water partition coefficient (Wildman–Crippen LogP) is 3.98. The molecule has 8 heteroatoms. The maximum Gasteiger partial charge on any atom is 0.404 e. The number of unbranched alkanes of at least 4 members (excludes halogenated alkanes) is 2. The Hall–Kier alpha value is -3.65. The van der Waals surface area contributed by atoms with Gasteiger partial charge in [0.2, 0.25) is 5.91 Å². The topological polar surface area (TPSA) is 130 Å². The first-order chi connectivity index (χ1) is 15.5. The molecule has 0 aliphatic rings. The van der Waals surface area contributed by atoms with Crippen LogP contribution in [0.25, 0.3) is 10.9 Å². The summed E-state index contributed by atoms with van der Waals surface area (Å²) >= 11 is 0. The largest absolute Gasteiger partial charge is 0.497 e. The zero-order chi connectivity index (χ0) is 23.2. The summed E-state index contributed by atoms with van der Waals surface area (Å²) in [5.41, 5.74) is 12.6. The average Bonchev–Trinajstić information content (AvgIpc) is 2.81. The van der Waals surface area contributed by atoms with Crippen LogP contribution in [0.15, 0.2) is 60.8 Å². The summed E-state index contributed by atoms with van der Waals surface area (Å²) in [6.07, 6.45) is 4.24. The van der Waals surface area contributed by atoms with E-state index in [1.807, 2.05) is 48.5 Å². The van der Waals surface area contributed by atoms with Crippen molar-refractivity contribution in [3.05, 3.63) is 66.4 Å². The van der Waals surface area contributed by atoms with Gasteiger partial charge < -0.3 is 26.3 Å². The quantitative estimate of drug-likeness (QED) is 0.433. The lowest BCUT2D eigenvalue weighted by Crippen LogP contribution is -2.12. The van der Waals surface area contributed by atoms with E-state index in [-0.39, 0.29) is 12.5 Å². The Morgan fingerprint density at radius 3 is 2.50 bits per heavy atom. The van der Waals surface area contributed by atoms with Gasteiger partial charge in [-0.2, -0.15) is 0 Å². The van der Waals surface area contributed by atoms with E-state index in [0.29, 0.717) is 24.4 Å². The van der Waals surface area contributed by atoms with Gasteiger partial charge in [0.1, 0.15) is 12.4 Å². The lowest BCUT2D eigenvalue weighted by molar-refractivity contribution is -0.116. The number of carbonyl (C=O) groups excluding carboxylic acids is 2. The molecule has 2 aromatic carbocycles. The lowest BCUT2D eigenvalue weighted by atomic mass is 10.1. The van der Waals surface area contributed by atoms with Crippen LogP contribution in [0.2, 0.25) is 0 Å². The van der Waals surface area contributed by atoms with E-state index in [1.54, 1.807) is 19.4 Å². The number of methoxy groups -OCH3 is 1. The summed E-state index contributed by atoms with van der Waals surface area (Å²) in [5, 5.41) is 3.86. The Bertz CT molecular complexity index is 996. The van der Waals surface area contributed by atoms with Crippen molar-refractivity contribution in [3.8, 4) is 5.75 Å². The first-order valence-corrected chi connectivity index (χ1v) is 10.4. The zero-order valence-corrected chi connectivity index (χ0v) is 18.3. The maximum atomic E-state index is 12.0. The number of ether oxygens (including phenoxy) is 2. The SMILES string of the molecule is COc1cc(NC(=O)CCCCCN)c2ncccc2c1.NC(=O)OCc1ccccc1. The summed E-state index contributed by atoms with van der Waals surface area (Å²) in [7, 11) is 1.61. The molecule has 0 bridgehead atoms. The number of benzene rings is 2. The average molecular weight is 439 g/mol. The summed E-state index contributed by atoms with van der Waals surface area (Å²) in [6.45, 7) is 0.919. The van der Waals surface area contributed by atoms with E-state index in [9.17, 15) is 9.59 Å². The zero-order valence-electron chi connectivity index (χ0n) is 18.3. The second kappa shape index (κ2) is 13.6. The number of hydrogen-bond acceptors (Lipinski definition) is 6. The van der Waals surface area contributed by atoms with Crippen LogP contribution in [-0.4, -0.2) is 30.6 Å². The minimum absolute atomic E-state index is 0.00720. The van der Waals surface area contributed by atoms with Crippen molar-refractivity contribution in [1.82, 2.24) is 4.98 Å². The number of anilines is 1. The molecule has 3 rings (SSSR count). The Labute approximate surface area is 187 Å². The van der Waals surface area contributed by atoms with Crippen molar-refractivity contribution < 1.29 is 19.1 Å². The van der Waals surface area contributed by atoms with Crippen molar-refractivity contribution in [2.24, 2.45) is 11.5 Å². The number of hydrogen-bond donors (Lipinski definition) is 3. The molecular formula is C24H30N4O4. The molecule has 0 radical (unpaired) electrons. The van der Waals surface area contributed by atoms with Crippen molar-refractivity contribution in [3.63, 3.8) is 0 Å². The predicted molar refractivity (Wildman–Crippen MR) is 125 cm³/mol. The van der Waals surface area contributed by atoms with Gasteiger partial charge in [0, 0.05) is 24.1 Å². The van der Waals surface area contributed by atoms with E-state index in [2.05, 4.69) is 15.0 Å². The highest BCUT2D eigenvalue weighted by Crippen LogP contribution is 2.27. The van der Waals surface area contributed by atoms with Crippen molar-refractivity contribution in [2.45, 2.75) is 32.3 Å². The second-order valence-electron chi connectivity index (χ2n) is 6.99. The van der Waals surface area contributed by atoms with Gasteiger partial charge in [-0.3, -0.25) is 9.78 Å². The molecule has 0 aliphatic heterocycles. The fraction of sp³-hybridized carbons (Fsp3) is 0.292. The molecule has 0 saturated heterocycles. The molecule has 2 amide bonds. The van der Waals surface area contributed by atoms with Gasteiger partial charge in [-0.1, -0.05) is 42.8 Å². The number of amides is 2. The van der Waals surface area contributed by atoms with Crippen LogP contribution >= 0.6 is 0 Å². The number of rotatable bonds is 9. The fourth-order valence-corrected chi connectivity index (χ4v) is 2.93. The fourth-order valence-electron chi connectivity index (χ4n) is 2.93. The van der Waals surface area contributed by atoms with Crippen molar-refractivity contribution >= 4 is 28.6 Å². The summed E-state index contributed by atoms with van der Waals surface area (Å²) in [6, 6.07) is 16.9. The van der Waals surface area contributed by atoms with Gasteiger partial charge in [-0.15, -0.1) is 0 Å². The van der Waals surface area contributed by atoms with Gasteiger partial charge >= 0.3 is 6.09 Å². The summed E-state index contributed by atoms with van der Waals surface area (Å²) in [4.78, 5) is 26.5. The highest BCUT2D eigenvalue weighted by atomic mass is 16.5. The molecule has 0 spiro atoms. The molecule has 0 atom stereocenters. The first-order valence-electron chi connectivity index (χ1n) is 10.4. The number of carbonyl (C=O) groups is 2. The first kappa shape index (κ1) is 24.6. The molecule has 8 nitrogen and oxygen atoms in total. The normalized spacial score (nSPS) is 10.1. The van der Waals surface area contributed by atoms with Crippen LogP contribution in [0.4, 0.5) is 10.5 Å². The molecule has 1 aromatic heterocycles. The summed E-state index contributed by atoms with van der Waals surface area (Å²) < 4.78 is 9.83. The van der Waals surface area contributed by atoms with E-state index >= 15 is 0 Å². The smallest absolute Gasteiger partial charge is 0.404 e. The van der Waals surface area contributed by atoms with Gasteiger partial charge in [-0.05, 0) is 37.1 Å². The van der Waals surface area contributed by atoms with E-state index < -0.39 is 6.09 Å². The third-order valence-electron chi connectivity index (χ3n) is 4.52. The highest BCUT2D eigenvalue weighted by molar-refractivity contribution is 6.01. The minimum atomic E-state index is -0.742. The minimum Gasteiger partial charge on any atom is -0.497 e. The van der Waals surface area contributed by atoms with Gasteiger partial charge in [0.15, 0.2) is 0 Å². The molecule has 3 aromatic rings. The third-order valence-corrected chi connectivity index (χ3v) is 4.52. The van der Waals surface area contributed by atoms with Crippen LogP contribution < -0.4 is 21.5 Å². The van der Waals surface area contributed by atoms with E-state index in [4.69, 9.17) is 16.2 Å². The maximum absolute atomic E-state index is 12.0. The van der Waals surface area contributed by atoms with Crippen LogP contribution in [0.3, 0.4) is 0 Å². The number of primary amides is 1. The van der Waals surface area contributed by atoms with E-state index in [0.717, 1.165) is 35.7 Å². The molecule has 5 N–H and O–H groups in total. The molecule has 170 valence electrons. The van der Waals surface area contributed by atoms with Gasteiger partial charge in [0.25, 0.3) is 0 Å². The number of aromatic nitrogens is 1. The lowest BCUT2D eigenvalue weighted by Gasteiger charge is -2.10. The molecule has 0 saturated carbocycles. The Morgan fingerprint density at radius 1 is 1.03 bits per heavy atom. The Kier molecular flexibility index (Phi) is 10.5. The van der Waals surface area contributed by atoms with Crippen LogP contribution in [0.5, 0.6) is 5.75 Å². The van der Waals surface area contributed by atoms with Gasteiger partial charge in [0.05, 0.1) is 18.3 Å². The number of fused-ring (bicyclic) bond motifs is 1. The number of nitrogens with two attached hydrogens (primary N) is 2. The van der Waals surface area contributed by atoms with Crippen LogP contribution in [-0.2, 0) is 16.1 Å². The monoisotopic (exact) mass is 438 g/mol. The van der Waals surface area contributed by atoms with Gasteiger partial charge in [-0.25, -0.2) is 4.79 Å². The molecule has 0 aliphatic carbocycles. The third kappa shape index (κ3) is 8.61. The Morgan fingerprint density at radius 2 is 1.81 bits per heavy atom. The molecule has 1 heterocycles. The standard InChI is InChI=1S/C16H21N3O2.C8H9NO2/c1-21-13-10-12-6-5-9-18-16(12)14(11-13)19-15(20)7-3-2-4-8-17;9-8(10)11-6-7-4-2-1-3-5-7/h5-6,9-11H,2-4,7-8,17H2,1H3,(H,19,20);1-5H,6H2,(H2,9,10). The van der Waals surface area contributed by atoms with Crippen LogP contribution in [0.1, 0.15) is 31.2 Å². The van der Waals surface area contributed by atoms with Crippen LogP contribution in [0, 0.1) is 0 Å². The number of nitrogens with one attached hydrogen (secondary N) is 1. The van der Waals surface area contributed by atoms with Crippen molar-refractivity contribution in [2.75, 3.05) is 19.0 Å². The highest BCUT2D eigenvalue weighted by Gasteiger charge is 2.09. The number of pyridine rings is 1. The molecule has 32 heavy (non-hydrogen) atoms. The number of nitrogens with zero attached hydrogens (tertiary/aromatic N) is 1. The Balaban J connectivity index is 0.000000278. The molecule has 0 unspecified atom stereocenters. The molecular weight excluding hydrogens is 408 g/mol. The molecule has 0 fully saturated rings.